The largest absolute Gasteiger partial charge is 0.387 e. The van der Waals surface area contributed by atoms with Crippen LogP contribution < -0.4 is 10.6 Å². The van der Waals surface area contributed by atoms with E-state index < -0.39 is 0 Å². The zero-order valence-corrected chi connectivity index (χ0v) is 12.9. The van der Waals surface area contributed by atoms with Crippen LogP contribution in [0.25, 0.3) is 0 Å². The maximum absolute atomic E-state index is 12.0. The lowest BCUT2D eigenvalue weighted by Gasteiger charge is -2.29. The molecule has 0 aliphatic carbocycles. The first-order valence-corrected chi connectivity index (χ1v) is 7.80. The summed E-state index contributed by atoms with van der Waals surface area (Å²) < 4.78 is 0.126. The van der Waals surface area contributed by atoms with Gasteiger partial charge in [0.05, 0.1) is 11.9 Å². The molecule has 1 aromatic rings. The number of thioether (sulfide) groups is 1. The Hall–Kier alpha value is -1.23. The average Bonchev–Trinajstić information content (AvgIpc) is 2.49. The minimum absolute atomic E-state index is 0.108. The van der Waals surface area contributed by atoms with E-state index in [4.69, 9.17) is 0 Å². The Kier molecular flexibility index (Phi) is 6.15. The van der Waals surface area contributed by atoms with Gasteiger partial charge in [-0.1, -0.05) is 13.8 Å². The first-order chi connectivity index (χ1) is 9.10. The maximum atomic E-state index is 12.0. The van der Waals surface area contributed by atoms with E-state index in [1.807, 2.05) is 24.9 Å². The zero-order chi connectivity index (χ0) is 14.3. The number of anilines is 1. The summed E-state index contributed by atoms with van der Waals surface area (Å²) in [6.07, 6.45) is 5.84. The number of amides is 1. The molecule has 0 aliphatic heterocycles. The number of aromatic nitrogens is 1. The molecule has 5 heteroatoms. The van der Waals surface area contributed by atoms with Crippen molar-refractivity contribution in [2.24, 2.45) is 0 Å². The van der Waals surface area contributed by atoms with Gasteiger partial charge in [0.2, 0.25) is 0 Å². The van der Waals surface area contributed by atoms with E-state index in [9.17, 15) is 4.79 Å². The molecule has 0 aromatic carbocycles. The predicted octanol–water partition coefficient (Wildman–Crippen LogP) is 2.77. The first kappa shape index (κ1) is 15.8. The second-order valence-electron chi connectivity index (χ2n) is 4.46. The van der Waals surface area contributed by atoms with Gasteiger partial charge < -0.3 is 10.6 Å². The lowest BCUT2D eigenvalue weighted by molar-refractivity contribution is 0.0944. The van der Waals surface area contributed by atoms with Crippen LogP contribution >= 0.6 is 11.8 Å². The number of carbonyl (C=O) groups excluding carboxylic acids is 1. The minimum Gasteiger partial charge on any atom is -0.387 e. The molecule has 0 unspecified atom stereocenters. The normalized spacial score (nSPS) is 11.2. The Labute approximate surface area is 119 Å². The molecule has 0 fully saturated rings. The monoisotopic (exact) mass is 281 g/mol. The van der Waals surface area contributed by atoms with Crippen LogP contribution in [-0.4, -0.2) is 35.5 Å². The molecule has 0 radical (unpaired) electrons. The number of hydrogen-bond acceptors (Lipinski definition) is 4. The van der Waals surface area contributed by atoms with E-state index in [2.05, 4.69) is 35.7 Å². The number of nitrogens with one attached hydrogen (secondary N) is 2. The van der Waals surface area contributed by atoms with Gasteiger partial charge in [0.15, 0.2) is 0 Å². The lowest BCUT2D eigenvalue weighted by atomic mass is 10.0. The summed E-state index contributed by atoms with van der Waals surface area (Å²) in [5, 5.41) is 5.97. The van der Waals surface area contributed by atoms with Gasteiger partial charge in [0.25, 0.3) is 5.91 Å². The molecule has 0 aliphatic rings. The molecule has 1 aromatic heterocycles. The van der Waals surface area contributed by atoms with Crippen LogP contribution in [0, 0.1) is 0 Å². The quantitative estimate of drug-likeness (QED) is 0.807. The van der Waals surface area contributed by atoms with Gasteiger partial charge >= 0.3 is 0 Å². The highest BCUT2D eigenvalue weighted by atomic mass is 32.2. The molecule has 0 saturated carbocycles. The van der Waals surface area contributed by atoms with Gasteiger partial charge in [-0.15, -0.1) is 0 Å². The van der Waals surface area contributed by atoms with E-state index in [1.165, 1.54) is 0 Å². The molecule has 106 valence electrons. The Morgan fingerprint density at radius 3 is 2.47 bits per heavy atom. The highest BCUT2D eigenvalue weighted by molar-refractivity contribution is 8.00. The van der Waals surface area contributed by atoms with Crippen molar-refractivity contribution in [1.29, 1.82) is 0 Å². The molecule has 0 spiro atoms. The third kappa shape index (κ3) is 4.13. The molecule has 0 bridgehead atoms. The third-order valence-electron chi connectivity index (χ3n) is 3.58. The number of pyridine rings is 1. The van der Waals surface area contributed by atoms with Gasteiger partial charge in [-0.05, 0) is 31.2 Å². The van der Waals surface area contributed by atoms with Crippen LogP contribution in [-0.2, 0) is 0 Å². The van der Waals surface area contributed by atoms with Crippen LogP contribution in [0.5, 0.6) is 0 Å². The summed E-state index contributed by atoms with van der Waals surface area (Å²) in [5.41, 5.74) is 1.36. The molecular weight excluding hydrogens is 258 g/mol. The van der Waals surface area contributed by atoms with Crippen LogP contribution in [0.4, 0.5) is 5.69 Å². The summed E-state index contributed by atoms with van der Waals surface area (Å²) in [6, 6.07) is 3.59. The van der Waals surface area contributed by atoms with E-state index in [0.29, 0.717) is 12.2 Å². The molecule has 0 atom stereocenters. The Morgan fingerprint density at radius 2 is 2.05 bits per heavy atom. The molecule has 1 heterocycles. The second kappa shape index (κ2) is 7.38. The van der Waals surface area contributed by atoms with Crippen molar-refractivity contribution >= 4 is 23.4 Å². The van der Waals surface area contributed by atoms with Crippen molar-refractivity contribution in [3.05, 3.63) is 24.0 Å². The Balaban J connectivity index is 2.63. The number of nitrogens with zero attached hydrogens (tertiary/aromatic N) is 1. The summed E-state index contributed by atoms with van der Waals surface area (Å²) in [5.74, 6) is -0.108. The standard InChI is InChI=1S/C14H23N3OS/c1-5-14(6-2,19-4)10-17-13(18)12-8-7-11(15-3)9-16-12/h7-9,15H,5-6,10H2,1-4H3,(H,17,18). The third-order valence-corrected chi connectivity index (χ3v) is 5.17. The second-order valence-corrected chi connectivity index (χ2v) is 5.73. The fourth-order valence-corrected chi connectivity index (χ4v) is 2.66. The minimum atomic E-state index is -0.108. The van der Waals surface area contributed by atoms with Crippen molar-refractivity contribution in [1.82, 2.24) is 10.3 Å². The molecule has 2 N–H and O–H groups in total. The lowest BCUT2D eigenvalue weighted by Crippen LogP contribution is -2.39. The highest BCUT2D eigenvalue weighted by Gasteiger charge is 2.25. The number of hydrogen-bond donors (Lipinski definition) is 2. The average molecular weight is 281 g/mol. The zero-order valence-electron chi connectivity index (χ0n) is 12.1. The fourth-order valence-electron chi connectivity index (χ4n) is 1.87. The van der Waals surface area contributed by atoms with Crippen molar-refractivity contribution in [2.45, 2.75) is 31.4 Å². The van der Waals surface area contributed by atoms with Gasteiger partial charge in [0, 0.05) is 18.3 Å². The summed E-state index contributed by atoms with van der Waals surface area (Å²) in [7, 11) is 1.83. The van der Waals surface area contributed by atoms with Crippen LogP contribution in [0.2, 0.25) is 0 Å². The fraction of sp³-hybridized carbons (Fsp3) is 0.571. The Morgan fingerprint density at radius 1 is 1.37 bits per heavy atom. The first-order valence-electron chi connectivity index (χ1n) is 6.58. The molecule has 0 saturated heterocycles. The van der Waals surface area contributed by atoms with E-state index >= 15 is 0 Å². The molecule has 4 nitrogen and oxygen atoms in total. The molecule has 1 rings (SSSR count). The van der Waals surface area contributed by atoms with Crippen molar-refractivity contribution in [2.75, 3.05) is 25.2 Å². The van der Waals surface area contributed by atoms with Crippen molar-refractivity contribution in [3.8, 4) is 0 Å². The van der Waals surface area contributed by atoms with Crippen LogP contribution in [0.3, 0.4) is 0 Å². The molecule has 19 heavy (non-hydrogen) atoms. The maximum Gasteiger partial charge on any atom is 0.269 e. The smallest absolute Gasteiger partial charge is 0.269 e. The highest BCUT2D eigenvalue weighted by Crippen LogP contribution is 2.29. The van der Waals surface area contributed by atoms with E-state index in [-0.39, 0.29) is 10.7 Å². The van der Waals surface area contributed by atoms with Crippen molar-refractivity contribution < 1.29 is 4.79 Å². The van der Waals surface area contributed by atoms with E-state index in [0.717, 1.165) is 18.5 Å². The molecular formula is C14H23N3OS. The van der Waals surface area contributed by atoms with Crippen molar-refractivity contribution in [3.63, 3.8) is 0 Å². The Bertz CT molecular complexity index is 393. The predicted molar refractivity (Wildman–Crippen MR) is 82.9 cm³/mol. The van der Waals surface area contributed by atoms with Crippen LogP contribution in [0.1, 0.15) is 37.2 Å². The number of rotatable bonds is 7. The summed E-state index contributed by atoms with van der Waals surface area (Å²) in [4.78, 5) is 16.2. The topological polar surface area (TPSA) is 54.0 Å². The van der Waals surface area contributed by atoms with Crippen LogP contribution in [0.15, 0.2) is 18.3 Å². The van der Waals surface area contributed by atoms with E-state index in [1.54, 1.807) is 12.3 Å². The van der Waals surface area contributed by atoms with Gasteiger partial charge in [-0.3, -0.25) is 4.79 Å². The van der Waals surface area contributed by atoms with Gasteiger partial charge in [-0.25, -0.2) is 4.98 Å². The molecule has 1 amide bonds. The number of carbonyl (C=O) groups is 1. The summed E-state index contributed by atoms with van der Waals surface area (Å²) in [6.45, 7) is 4.99. The SMILES string of the molecule is CCC(CC)(CNC(=O)c1ccc(NC)cn1)SC. The van der Waals surface area contributed by atoms with Gasteiger partial charge in [0.1, 0.15) is 5.69 Å². The summed E-state index contributed by atoms with van der Waals surface area (Å²) >= 11 is 1.82. The van der Waals surface area contributed by atoms with Gasteiger partial charge in [-0.2, -0.15) is 11.8 Å².